The van der Waals surface area contributed by atoms with Gasteiger partial charge in [-0.1, -0.05) is 13.8 Å². The Hall–Kier alpha value is -1.30. The molecule has 100 valence electrons. The predicted molar refractivity (Wildman–Crippen MR) is 66.0 cm³/mol. The van der Waals surface area contributed by atoms with E-state index >= 15 is 0 Å². The zero-order valence-corrected chi connectivity index (χ0v) is 11.0. The number of hydrogen-bond acceptors (Lipinski definition) is 3. The highest BCUT2D eigenvalue weighted by molar-refractivity contribution is 5.86. The molecule has 0 saturated heterocycles. The number of urea groups is 1. The molecule has 0 aliphatic carbocycles. The van der Waals surface area contributed by atoms with E-state index in [0.717, 1.165) is 0 Å². The van der Waals surface area contributed by atoms with Crippen molar-refractivity contribution in [1.29, 1.82) is 0 Å². The first-order chi connectivity index (χ1) is 7.93. The molecule has 6 heteroatoms. The van der Waals surface area contributed by atoms with Gasteiger partial charge in [-0.2, -0.15) is 0 Å². The maximum Gasteiger partial charge on any atom is 0.329 e. The van der Waals surface area contributed by atoms with Crippen molar-refractivity contribution in [3.63, 3.8) is 0 Å². The van der Waals surface area contributed by atoms with Crippen molar-refractivity contribution in [1.82, 2.24) is 15.5 Å². The minimum absolute atomic E-state index is 0.355. The van der Waals surface area contributed by atoms with E-state index in [-0.39, 0.29) is 6.03 Å². The van der Waals surface area contributed by atoms with Gasteiger partial charge in [0.05, 0.1) is 0 Å². The van der Waals surface area contributed by atoms with Crippen LogP contribution in [0.2, 0.25) is 0 Å². The van der Waals surface area contributed by atoms with E-state index in [1.54, 1.807) is 27.9 Å². The number of carboxylic acids is 1. The Morgan fingerprint density at radius 2 is 1.82 bits per heavy atom. The number of carbonyl (C=O) groups is 2. The van der Waals surface area contributed by atoms with Crippen molar-refractivity contribution in [3.05, 3.63) is 0 Å². The zero-order valence-electron chi connectivity index (χ0n) is 11.0. The number of rotatable bonds is 7. The SMILES string of the molecule is CCC(CC)(NC(=O)N(C)CCNC)C(=O)O. The fourth-order valence-electron chi connectivity index (χ4n) is 1.46. The summed E-state index contributed by atoms with van der Waals surface area (Å²) in [4.78, 5) is 24.5. The molecule has 0 saturated carbocycles. The molecular formula is C11H23N3O3. The second kappa shape index (κ2) is 7.11. The second-order valence-electron chi connectivity index (χ2n) is 4.05. The van der Waals surface area contributed by atoms with E-state index in [1.165, 1.54) is 4.90 Å². The van der Waals surface area contributed by atoms with E-state index in [2.05, 4.69) is 10.6 Å². The Bertz CT molecular complexity index is 265. The van der Waals surface area contributed by atoms with Crippen LogP contribution in [0.4, 0.5) is 4.79 Å². The fraction of sp³-hybridized carbons (Fsp3) is 0.818. The lowest BCUT2D eigenvalue weighted by atomic mass is 9.93. The average molecular weight is 245 g/mol. The van der Waals surface area contributed by atoms with Gasteiger partial charge in [0.15, 0.2) is 0 Å². The second-order valence-corrected chi connectivity index (χ2v) is 4.05. The lowest BCUT2D eigenvalue weighted by Crippen LogP contribution is -2.57. The molecular weight excluding hydrogens is 222 g/mol. The summed E-state index contributed by atoms with van der Waals surface area (Å²) < 4.78 is 0. The van der Waals surface area contributed by atoms with Crippen molar-refractivity contribution in [2.45, 2.75) is 32.2 Å². The summed E-state index contributed by atoms with van der Waals surface area (Å²) in [7, 11) is 3.44. The molecule has 17 heavy (non-hydrogen) atoms. The third kappa shape index (κ3) is 4.22. The maximum absolute atomic E-state index is 11.8. The van der Waals surface area contributed by atoms with Gasteiger partial charge >= 0.3 is 12.0 Å². The van der Waals surface area contributed by atoms with Gasteiger partial charge in [0.25, 0.3) is 0 Å². The molecule has 0 aromatic rings. The van der Waals surface area contributed by atoms with E-state index in [4.69, 9.17) is 0 Å². The topological polar surface area (TPSA) is 81.7 Å². The van der Waals surface area contributed by atoms with Crippen LogP contribution in [0.3, 0.4) is 0 Å². The number of likely N-dealkylation sites (N-methyl/N-ethyl adjacent to an activating group) is 2. The first kappa shape index (κ1) is 15.7. The van der Waals surface area contributed by atoms with Crippen molar-refractivity contribution in [2.75, 3.05) is 27.2 Å². The normalized spacial score (nSPS) is 11.1. The lowest BCUT2D eigenvalue weighted by Gasteiger charge is -2.30. The summed E-state index contributed by atoms with van der Waals surface area (Å²) in [6, 6.07) is -0.355. The average Bonchev–Trinajstić information content (AvgIpc) is 2.32. The molecule has 3 N–H and O–H groups in total. The van der Waals surface area contributed by atoms with Gasteiger partial charge in [0.1, 0.15) is 5.54 Å². The molecule has 0 aliphatic rings. The molecule has 0 atom stereocenters. The Morgan fingerprint density at radius 1 is 1.29 bits per heavy atom. The highest BCUT2D eigenvalue weighted by atomic mass is 16.4. The van der Waals surface area contributed by atoms with Gasteiger partial charge in [-0.25, -0.2) is 9.59 Å². The summed E-state index contributed by atoms with van der Waals surface area (Å²) in [6.07, 6.45) is 0.731. The summed E-state index contributed by atoms with van der Waals surface area (Å²) in [5.74, 6) is -0.988. The smallest absolute Gasteiger partial charge is 0.329 e. The summed E-state index contributed by atoms with van der Waals surface area (Å²) in [5.41, 5.74) is -1.16. The van der Waals surface area contributed by atoms with Crippen molar-refractivity contribution in [3.8, 4) is 0 Å². The van der Waals surface area contributed by atoms with E-state index in [0.29, 0.717) is 25.9 Å². The first-order valence-electron chi connectivity index (χ1n) is 5.84. The number of carbonyl (C=O) groups excluding carboxylic acids is 1. The number of nitrogens with one attached hydrogen (secondary N) is 2. The molecule has 0 spiro atoms. The van der Waals surface area contributed by atoms with Crippen LogP contribution in [0.5, 0.6) is 0 Å². The molecule has 0 radical (unpaired) electrons. The van der Waals surface area contributed by atoms with E-state index < -0.39 is 11.5 Å². The van der Waals surface area contributed by atoms with Crippen molar-refractivity contribution < 1.29 is 14.7 Å². The van der Waals surface area contributed by atoms with Crippen LogP contribution in [-0.4, -0.2) is 54.7 Å². The molecule has 2 amide bonds. The van der Waals surface area contributed by atoms with Gasteiger partial charge in [0.2, 0.25) is 0 Å². The number of amides is 2. The summed E-state index contributed by atoms with van der Waals surface area (Å²) >= 11 is 0. The van der Waals surface area contributed by atoms with Crippen LogP contribution < -0.4 is 10.6 Å². The number of aliphatic carboxylic acids is 1. The van der Waals surface area contributed by atoms with Gasteiger partial charge < -0.3 is 20.6 Å². The van der Waals surface area contributed by atoms with Crippen LogP contribution in [0.15, 0.2) is 0 Å². The van der Waals surface area contributed by atoms with Crippen molar-refractivity contribution >= 4 is 12.0 Å². The third-order valence-electron chi connectivity index (χ3n) is 3.01. The lowest BCUT2D eigenvalue weighted by molar-refractivity contribution is -0.144. The molecule has 6 nitrogen and oxygen atoms in total. The predicted octanol–water partition coefficient (Wildman–Crippen LogP) is 0.491. The quantitative estimate of drug-likeness (QED) is 0.609. The Labute approximate surface area is 102 Å². The van der Waals surface area contributed by atoms with Crippen LogP contribution in [-0.2, 0) is 4.79 Å². The van der Waals surface area contributed by atoms with E-state index in [9.17, 15) is 14.7 Å². The Balaban J connectivity index is 4.56. The largest absolute Gasteiger partial charge is 0.480 e. The monoisotopic (exact) mass is 245 g/mol. The molecule has 0 rings (SSSR count). The van der Waals surface area contributed by atoms with Crippen LogP contribution in [0.1, 0.15) is 26.7 Å². The highest BCUT2D eigenvalue weighted by Crippen LogP contribution is 2.15. The zero-order chi connectivity index (χ0) is 13.5. The Kier molecular flexibility index (Phi) is 6.57. The van der Waals surface area contributed by atoms with Gasteiger partial charge in [-0.15, -0.1) is 0 Å². The standard InChI is InChI=1S/C11H23N3O3/c1-5-11(6-2,9(15)16)13-10(17)14(4)8-7-12-3/h12H,5-8H2,1-4H3,(H,13,17)(H,15,16). The Morgan fingerprint density at radius 3 is 2.18 bits per heavy atom. The van der Waals surface area contributed by atoms with Gasteiger partial charge in [-0.05, 0) is 19.9 Å². The summed E-state index contributed by atoms with van der Waals surface area (Å²) in [6.45, 7) is 4.71. The maximum atomic E-state index is 11.8. The molecule has 0 fully saturated rings. The molecule has 0 unspecified atom stereocenters. The van der Waals surface area contributed by atoms with Crippen LogP contribution in [0, 0.1) is 0 Å². The molecule has 0 aromatic heterocycles. The third-order valence-corrected chi connectivity index (χ3v) is 3.01. The van der Waals surface area contributed by atoms with Gasteiger partial charge in [-0.3, -0.25) is 0 Å². The summed E-state index contributed by atoms with van der Waals surface area (Å²) in [5, 5.41) is 14.7. The minimum Gasteiger partial charge on any atom is -0.480 e. The van der Waals surface area contributed by atoms with Crippen LogP contribution >= 0.6 is 0 Å². The molecule has 0 aliphatic heterocycles. The fourth-order valence-corrected chi connectivity index (χ4v) is 1.46. The number of carboxylic acid groups (broad SMARTS) is 1. The van der Waals surface area contributed by atoms with Crippen molar-refractivity contribution in [2.24, 2.45) is 0 Å². The molecule has 0 bridgehead atoms. The minimum atomic E-state index is -1.16. The van der Waals surface area contributed by atoms with Crippen LogP contribution in [0.25, 0.3) is 0 Å². The molecule has 0 heterocycles. The van der Waals surface area contributed by atoms with E-state index in [1.807, 2.05) is 0 Å². The first-order valence-corrected chi connectivity index (χ1v) is 5.84. The van der Waals surface area contributed by atoms with Gasteiger partial charge in [0, 0.05) is 20.1 Å². The molecule has 0 aromatic carbocycles. The number of hydrogen-bond donors (Lipinski definition) is 3. The number of nitrogens with zero attached hydrogens (tertiary/aromatic N) is 1. The highest BCUT2D eigenvalue weighted by Gasteiger charge is 2.37.